The number of ether oxygens (including phenoxy) is 3. The van der Waals surface area contributed by atoms with Gasteiger partial charge in [-0.25, -0.2) is 4.98 Å². The number of methoxy groups -OCH3 is 2. The highest BCUT2D eigenvalue weighted by Crippen LogP contribution is 2.37. The molecule has 0 aliphatic rings. The Labute approximate surface area is 249 Å². The van der Waals surface area contributed by atoms with Gasteiger partial charge in [0, 0.05) is 18.7 Å². The van der Waals surface area contributed by atoms with Crippen LogP contribution in [0.25, 0.3) is 16.6 Å². The van der Waals surface area contributed by atoms with E-state index in [1.165, 1.54) is 0 Å². The van der Waals surface area contributed by atoms with Gasteiger partial charge in [0.05, 0.1) is 47.9 Å². The summed E-state index contributed by atoms with van der Waals surface area (Å²) in [5, 5.41) is 0.461. The van der Waals surface area contributed by atoms with Crippen molar-refractivity contribution in [2.24, 2.45) is 5.92 Å². The van der Waals surface area contributed by atoms with Crippen LogP contribution in [-0.4, -0.2) is 47.7 Å². The number of fused-ring (bicyclic) bond motifs is 1. The normalized spacial score (nSPS) is 12.0. The largest absolute Gasteiger partial charge is 0.497 e. The summed E-state index contributed by atoms with van der Waals surface area (Å²) in [7, 11) is 3.11. The minimum Gasteiger partial charge on any atom is -0.497 e. The van der Waals surface area contributed by atoms with E-state index in [1.54, 1.807) is 41.9 Å². The highest BCUT2D eigenvalue weighted by molar-refractivity contribution is 9.10. The summed E-state index contributed by atoms with van der Waals surface area (Å²) in [5.74, 6) is 1.63. The third-order valence-electron chi connectivity index (χ3n) is 6.94. The average molecular weight is 623 g/mol. The van der Waals surface area contributed by atoms with Crippen molar-refractivity contribution in [3.63, 3.8) is 0 Å². The smallest absolute Gasteiger partial charge is 0.266 e. The van der Waals surface area contributed by atoms with Crippen LogP contribution in [0.5, 0.6) is 11.5 Å². The molecule has 3 aromatic carbocycles. The molecule has 8 nitrogen and oxygen atoms in total. The maximum atomic E-state index is 14.1. The number of aromatic nitrogens is 2. The quantitative estimate of drug-likeness (QED) is 0.184. The molecule has 9 heteroatoms. The molecule has 1 unspecified atom stereocenters. The van der Waals surface area contributed by atoms with Crippen LogP contribution in [0.4, 0.5) is 0 Å². The Kier molecular flexibility index (Phi) is 10.2. The zero-order chi connectivity index (χ0) is 29.5. The van der Waals surface area contributed by atoms with Gasteiger partial charge >= 0.3 is 0 Å². The van der Waals surface area contributed by atoms with Crippen molar-refractivity contribution >= 4 is 32.7 Å². The summed E-state index contributed by atoms with van der Waals surface area (Å²) in [6, 6.07) is 19.9. The first-order chi connectivity index (χ1) is 19.7. The van der Waals surface area contributed by atoms with E-state index in [2.05, 4.69) is 29.8 Å². The molecule has 1 heterocycles. The molecular formula is C32H36BrN3O5. The van der Waals surface area contributed by atoms with Gasteiger partial charge in [0.15, 0.2) is 0 Å². The number of carbonyl (C=O) groups excluding carboxylic acids is 1. The molecule has 4 rings (SSSR count). The molecule has 41 heavy (non-hydrogen) atoms. The maximum absolute atomic E-state index is 14.1. The maximum Gasteiger partial charge on any atom is 0.266 e. The highest BCUT2D eigenvalue weighted by atomic mass is 79.9. The van der Waals surface area contributed by atoms with Crippen LogP contribution >= 0.6 is 15.9 Å². The van der Waals surface area contributed by atoms with Crippen molar-refractivity contribution in [2.45, 2.75) is 39.8 Å². The number of hydrogen-bond donors (Lipinski definition) is 0. The van der Waals surface area contributed by atoms with Crippen molar-refractivity contribution in [1.82, 2.24) is 14.5 Å². The van der Waals surface area contributed by atoms with E-state index in [9.17, 15) is 9.59 Å². The minimum absolute atomic E-state index is 0.0914. The van der Waals surface area contributed by atoms with Crippen molar-refractivity contribution in [2.75, 3.05) is 27.4 Å². The van der Waals surface area contributed by atoms with E-state index in [0.29, 0.717) is 57.5 Å². The number of nitrogens with zero attached hydrogens (tertiary/aromatic N) is 3. The Morgan fingerprint density at radius 3 is 2.39 bits per heavy atom. The lowest BCUT2D eigenvalue weighted by Crippen LogP contribution is -2.40. The van der Waals surface area contributed by atoms with Gasteiger partial charge in [-0.2, -0.15) is 0 Å². The van der Waals surface area contributed by atoms with E-state index in [1.807, 2.05) is 55.5 Å². The molecule has 0 radical (unpaired) electrons. The fourth-order valence-corrected chi connectivity index (χ4v) is 5.20. The van der Waals surface area contributed by atoms with Crippen molar-refractivity contribution in [3.05, 3.63) is 92.9 Å². The summed E-state index contributed by atoms with van der Waals surface area (Å²) in [6.07, 6.45) is 0.781. The monoisotopic (exact) mass is 621 g/mol. The highest BCUT2D eigenvalue weighted by Gasteiger charge is 2.28. The second kappa shape index (κ2) is 13.8. The molecule has 216 valence electrons. The average Bonchev–Trinajstić information content (AvgIpc) is 2.98. The Bertz CT molecular complexity index is 1550. The van der Waals surface area contributed by atoms with Gasteiger partial charge in [-0.3, -0.25) is 14.2 Å². The van der Waals surface area contributed by atoms with Crippen molar-refractivity contribution in [1.29, 1.82) is 0 Å². The Hall–Kier alpha value is -3.69. The molecule has 0 bridgehead atoms. The van der Waals surface area contributed by atoms with Crippen LogP contribution in [0.3, 0.4) is 0 Å². The molecule has 0 aliphatic heterocycles. The summed E-state index contributed by atoms with van der Waals surface area (Å²) in [6.45, 7) is 6.85. The number of carbonyl (C=O) groups is 1. The summed E-state index contributed by atoms with van der Waals surface area (Å²) < 4.78 is 19.0. The van der Waals surface area contributed by atoms with E-state index in [0.717, 1.165) is 12.0 Å². The lowest BCUT2D eigenvalue weighted by atomic mass is 10.1. The molecular weight excluding hydrogens is 586 g/mol. The van der Waals surface area contributed by atoms with Gasteiger partial charge in [-0.05, 0) is 52.9 Å². The van der Waals surface area contributed by atoms with Crippen LogP contribution in [0.2, 0.25) is 0 Å². The van der Waals surface area contributed by atoms with Gasteiger partial charge in [-0.1, -0.05) is 56.3 Å². The zero-order valence-corrected chi connectivity index (χ0v) is 25.7. The van der Waals surface area contributed by atoms with Crippen LogP contribution in [0.15, 0.2) is 76.0 Å². The topological polar surface area (TPSA) is 82.9 Å². The predicted octanol–water partition coefficient (Wildman–Crippen LogP) is 6.32. The van der Waals surface area contributed by atoms with Crippen LogP contribution in [0, 0.1) is 5.92 Å². The fourth-order valence-electron chi connectivity index (χ4n) is 4.63. The first-order valence-corrected chi connectivity index (χ1v) is 14.4. The predicted molar refractivity (Wildman–Crippen MR) is 164 cm³/mol. The summed E-state index contributed by atoms with van der Waals surface area (Å²) in [4.78, 5) is 34.4. The summed E-state index contributed by atoms with van der Waals surface area (Å²) >= 11 is 3.63. The molecule has 4 aromatic rings. The van der Waals surface area contributed by atoms with Gasteiger partial charge in [0.2, 0.25) is 5.91 Å². The van der Waals surface area contributed by atoms with E-state index >= 15 is 0 Å². The van der Waals surface area contributed by atoms with Crippen molar-refractivity contribution < 1.29 is 19.0 Å². The fraction of sp³-hybridized carbons (Fsp3) is 0.344. The number of benzene rings is 3. The Balaban J connectivity index is 1.81. The molecule has 0 fully saturated rings. The molecule has 1 amide bonds. The molecule has 1 aromatic heterocycles. The third-order valence-corrected chi connectivity index (χ3v) is 7.73. The first kappa shape index (κ1) is 30.3. The molecule has 0 N–H and O–H groups in total. The van der Waals surface area contributed by atoms with Crippen LogP contribution in [0.1, 0.15) is 44.6 Å². The lowest BCUT2D eigenvalue weighted by molar-refractivity contribution is -0.139. The zero-order valence-electron chi connectivity index (χ0n) is 24.1. The van der Waals surface area contributed by atoms with Crippen molar-refractivity contribution in [3.8, 4) is 17.2 Å². The second-order valence-electron chi connectivity index (χ2n) is 10.2. The molecule has 0 saturated carbocycles. The van der Waals surface area contributed by atoms with Gasteiger partial charge in [-0.15, -0.1) is 0 Å². The van der Waals surface area contributed by atoms with Crippen LogP contribution in [-0.2, 0) is 16.1 Å². The van der Waals surface area contributed by atoms with Gasteiger partial charge in [0.25, 0.3) is 5.56 Å². The Morgan fingerprint density at radius 2 is 1.71 bits per heavy atom. The van der Waals surface area contributed by atoms with Crippen LogP contribution < -0.4 is 15.0 Å². The standard InChI is InChI=1S/C32H36BrN3O5/c1-21(2)15-16-35(29(37)20-41-19-23-11-7-6-8-12-23)22(3)31-34-26-14-10-9-13-25(26)32(38)36(31)27-17-24(39-4)18-28(40-5)30(27)33/h6-14,17-18,21-22H,15-16,19-20H2,1-5H3. The molecule has 0 aliphatic carbocycles. The number of amides is 1. The van der Waals surface area contributed by atoms with Gasteiger partial charge in [0.1, 0.15) is 23.9 Å². The number of rotatable bonds is 12. The molecule has 1 atom stereocenters. The second-order valence-corrected chi connectivity index (χ2v) is 11.0. The number of halogens is 1. The summed E-state index contributed by atoms with van der Waals surface area (Å²) in [5.41, 5.74) is 1.79. The first-order valence-electron chi connectivity index (χ1n) is 13.6. The molecule has 0 spiro atoms. The minimum atomic E-state index is -0.553. The van der Waals surface area contributed by atoms with Gasteiger partial charge < -0.3 is 19.1 Å². The Morgan fingerprint density at radius 1 is 1.00 bits per heavy atom. The SMILES string of the molecule is COc1cc(OC)c(Br)c(-n2c(C(C)N(CCC(C)C)C(=O)COCc3ccccc3)nc3ccccc3c2=O)c1. The molecule has 0 saturated heterocycles. The number of para-hydroxylation sites is 1. The van der Waals surface area contributed by atoms with E-state index in [-0.39, 0.29) is 18.1 Å². The van der Waals surface area contributed by atoms with E-state index < -0.39 is 6.04 Å². The van der Waals surface area contributed by atoms with E-state index in [4.69, 9.17) is 19.2 Å². The third kappa shape index (κ3) is 6.97. The number of hydrogen-bond acceptors (Lipinski definition) is 6. The lowest BCUT2D eigenvalue weighted by Gasteiger charge is -2.31.